The van der Waals surface area contributed by atoms with Crippen LogP contribution in [0.1, 0.15) is 57.7 Å². The topological polar surface area (TPSA) is 163 Å². The summed E-state index contributed by atoms with van der Waals surface area (Å²) in [4.78, 5) is 67.5. The summed E-state index contributed by atoms with van der Waals surface area (Å²) in [6.45, 7) is 8.65. The normalized spacial score (nSPS) is 14.1. The molecule has 0 bridgehead atoms. The Hall–Kier alpha value is -5.23. The Morgan fingerprint density at radius 3 is 1.63 bits per heavy atom. The molecule has 4 amide bonds. The summed E-state index contributed by atoms with van der Waals surface area (Å²) in [6, 6.07) is 21.8. The van der Waals surface area contributed by atoms with Crippen molar-refractivity contribution in [2.75, 3.05) is 7.11 Å². The number of hydrogen-bond acceptors (Lipinski definition) is 8. The molecule has 5 atom stereocenters. The molecule has 274 valence electrons. The Morgan fingerprint density at radius 2 is 1.18 bits per heavy atom. The molecule has 12 heteroatoms. The highest BCUT2D eigenvalue weighted by Gasteiger charge is 2.38. The van der Waals surface area contributed by atoms with E-state index in [4.69, 9.17) is 9.47 Å². The molecule has 3 rings (SSSR count). The van der Waals surface area contributed by atoms with Crippen molar-refractivity contribution in [2.24, 2.45) is 5.92 Å². The third kappa shape index (κ3) is 12.9. The molecule has 51 heavy (non-hydrogen) atoms. The van der Waals surface area contributed by atoms with Gasteiger partial charge in [0.15, 0.2) is 0 Å². The van der Waals surface area contributed by atoms with Crippen LogP contribution in [-0.4, -0.2) is 76.9 Å². The van der Waals surface area contributed by atoms with Crippen LogP contribution in [0.25, 0.3) is 0 Å². The van der Waals surface area contributed by atoms with Gasteiger partial charge < -0.3 is 25.4 Å². The highest BCUT2D eigenvalue weighted by atomic mass is 16.6. The van der Waals surface area contributed by atoms with Gasteiger partial charge in [0.1, 0.15) is 29.8 Å². The number of methoxy groups -OCH3 is 1. The monoisotopic (exact) mass is 702 g/mol. The number of nitrogens with one attached hydrogen (secondary N) is 3. The molecule has 0 aromatic heterocycles. The van der Waals surface area contributed by atoms with E-state index in [1.165, 1.54) is 7.11 Å². The van der Waals surface area contributed by atoms with Crippen molar-refractivity contribution in [2.45, 2.75) is 90.1 Å². The largest absolute Gasteiger partial charge is 0.467 e. The second-order valence-electron chi connectivity index (χ2n) is 13.4. The van der Waals surface area contributed by atoms with Crippen LogP contribution in [0.5, 0.6) is 0 Å². The van der Waals surface area contributed by atoms with Gasteiger partial charge in [-0.2, -0.15) is 0 Å². The number of rotatable bonds is 16. The van der Waals surface area contributed by atoms with E-state index in [-0.39, 0.29) is 19.3 Å². The van der Waals surface area contributed by atoms with E-state index in [2.05, 4.69) is 16.0 Å². The fraction of sp³-hybridized carbons (Fsp3) is 0.410. The quantitative estimate of drug-likeness (QED) is 0.0971. The predicted molar refractivity (Wildman–Crippen MR) is 191 cm³/mol. The minimum atomic E-state index is -1.52. The number of carbonyl (C=O) groups is 5. The number of ether oxygens (including phenoxy) is 2. The molecule has 0 spiro atoms. The maximum atomic E-state index is 14.1. The summed E-state index contributed by atoms with van der Waals surface area (Å²) in [6.07, 6.45) is -0.372. The lowest BCUT2D eigenvalue weighted by molar-refractivity contribution is -0.182. The molecule has 0 heterocycles. The van der Waals surface area contributed by atoms with Gasteiger partial charge in [0, 0.05) is 19.3 Å². The van der Waals surface area contributed by atoms with Gasteiger partial charge in [0.05, 0.1) is 7.11 Å². The van der Waals surface area contributed by atoms with E-state index in [1.807, 2.05) is 37.3 Å². The SMILES string of the molecule is CC[C@H](C)[C@H](NC(=O)[C@H](Cc1ccccc1)N(O)C(=O)[C@H](Cc1ccccc1)NC(=O)OC(C)(C)C)C(=O)N[C@@H](Cc1ccccc1)C(=O)OC. The maximum absolute atomic E-state index is 14.1. The molecule has 0 saturated carbocycles. The zero-order valence-corrected chi connectivity index (χ0v) is 30.1. The first-order valence-electron chi connectivity index (χ1n) is 17.0. The molecule has 4 N–H and O–H groups in total. The average molecular weight is 703 g/mol. The van der Waals surface area contributed by atoms with Crippen molar-refractivity contribution in [3.63, 3.8) is 0 Å². The molecule has 0 saturated heterocycles. The smallest absolute Gasteiger partial charge is 0.408 e. The number of hydroxylamine groups is 2. The van der Waals surface area contributed by atoms with Gasteiger partial charge in [0.2, 0.25) is 11.8 Å². The van der Waals surface area contributed by atoms with E-state index in [0.29, 0.717) is 22.6 Å². The predicted octanol–water partition coefficient (Wildman–Crippen LogP) is 4.38. The van der Waals surface area contributed by atoms with Gasteiger partial charge >= 0.3 is 12.1 Å². The van der Waals surface area contributed by atoms with E-state index in [1.54, 1.807) is 88.4 Å². The number of nitrogens with zero attached hydrogens (tertiary/aromatic N) is 1. The fourth-order valence-electron chi connectivity index (χ4n) is 5.34. The molecule has 0 aliphatic rings. The molecule has 12 nitrogen and oxygen atoms in total. The van der Waals surface area contributed by atoms with Crippen LogP contribution in [0.2, 0.25) is 0 Å². The van der Waals surface area contributed by atoms with Crippen molar-refractivity contribution in [3.05, 3.63) is 108 Å². The minimum Gasteiger partial charge on any atom is -0.467 e. The van der Waals surface area contributed by atoms with Crippen LogP contribution in [0.4, 0.5) is 4.79 Å². The van der Waals surface area contributed by atoms with Crippen molar-refractivity contribution in [3.8, 4) is 0 Å². The Kier molecular flexibility index (Phi) is 15.2. The lowest BCUT2D eigenvalue weighted by Crippen LogP contribution is -2.60. The minimum absolute atomic E-state index is 0.0100. The Morgan fingerprint density at radius 1 is 0.706 bits per heavy atom. The van der Waals surface area contributed by atoms with E-state index >= 15 is 0 Å². The van der Waals surface area contributed by atoms with Crippen molar-refractivity contribution in [1.29, 1.82) is 0 Å². The van der Waals surface area contributed by atoms with Crippen LogP contribution >= 0.6 is 0 Å². The first-order chi connectivity index (χ1) is 24.2. The van der Waals surface area contributed by atoms with Gasteiger partial charge in [-0.25, -0.2) is 14.7 Å². The Bertz CT molecular complexity index is 1580. The van der Waals surface area contributed by atoms with E-state index in [0.717, 1.165) is 5.56 Å². The Labute approximate surface area is 299 Å². The summed E-state index contributed by atoms with van der Waals surface area (Å²) in [5.41, 5.74) is 1.24. The molecule has 0 radical (unpaired) electrons. The third-order valence-electron chi connectivity index (χ3n) is 8.25. The first kappa shape index (κ1) is 40.2. The molecule has 3 aromatic carbocycles. The number of benzene rings is 3. The summed E-state index contributed by atoms with van der Waals surface area (Å²) in [7, 11) is 1.23. The summed E-state index contributed by atoms with van der Waals surface area (Å²) in [5, 5.41) is 19.9. The second kappa shape index (κ2) is 19.2. The van der Waals surface area contributed by atoms with Crippen molar-refractivity contribution >= 4 is 29.8 Å². The van der Waals surface area contributed by atoms with Crippen LogP contribution in [0, 0.1) is 5.92 Å². The van der Waals surface area contributed by atoms with Crippen LogP contribution in [0.15, 0.2) is 91.0 Å². The fourth-order valence-corrected chi connectivity index (χ4v) is 5.34. The number of amides is 4. The van der Waals surface area contributed by atoms with E-state index < -0.39 is 65.5 Å². The molecular formula is C39H50N4O8. The van der Waals surface area contributed by atoms with Crippen LogP contribution < -0.4 is 16.0 Å². The summed E-state index contributed by atoms with van der Waals surface area (Å²) in [5.74, 6) is -3.48. The highest BCUT2D eigenvalue weighted by Crippen LogP contribution is 2.16. The van der Waals surface area contributed by atoms with Crippen LogP contribution in [0.3, 0.4) is 0 Å². The number of carbonyl (C=O) groups excluding carboxylic acids is 5. The van der Waals surface area contributed by atoms with Gasteiger partial charge in [0.25, 0.3) is 5.91 Å². The lowest BCUT2D eigenvalue weighted by Gasteiger charge is -2.32. The van der Waals surface area contributed by atoms with Gasteiger partial charge in [-0.05, 0) is 43.4 Å². The standard InChI is InChI=1S/C39H50N4O8/c1-7-26(2)33(35(45)40-31(37(47)50-6)24-28-19-13-9-14-20-28)42-34(44)32(25-29-21-15-10-16-22-29)43(49)36(46)30(23-27-17-11-8-12-18-27)41-38(48)51-39(3,4)5/h8-22,26,30-33,49H,7,23-25H2,1-6H3,(H,40,45)(H,41,48)(H,42,44)/t26-,30-,31-,32-,33-/m0/s1. The number of hydrogen-bond donors (Lipinski definition) is 4. The molecule has 0 aliphatic carbocycles. The second-order valence-corrected chi connectivity index (χ2v) is 13.4. The molecule has 0 aliphatic heterocycles. The number of alkyl carbamates (subject to hydrolysis) is 1. The third-order valence-corrected chi connectivity index (χ3v) is 8.25. The van der Waals surface area contributed by atoms with Gasteiger partial charge in [-0.1, -0.05) is 111 Å². The highest BCUT2D eigenvalue weighted by molar-refractivity contribution is 5.95. The first-order valence-corrected chi connectivity index (χ1v) is 17.0. The number of esters is 1. The molecule has 0 unspecified atom stereocenters. The molecule has 0 fully saturated rings. The lowest BCUT2D eigenvalue weighted by atomic mass is 9.96. The summed E-state index contributed by atoms with van der Waals surface area (Å²) >= 11 is 0. The average Bonchev–Trinajstić information content (AvgIpc) is 3.11. The van der Waals surface area contributed by atoms with E-state index in [9.17, 15) is 29.2 Å². The maximum Gasteiger partial charge on any atom is 0.408 e. The van der Waals surface area contributed by atoms with Crippen molar-refractivity contribution < 1.29 is 38.7 Å². The van der Waals surface area contributed by atoms with Crippen LogP contribution in [-0.2, 0) is 47.9 Å². The Balaban J connectivity index is 1.92. The molecule has 3 aromatic rings. The van der Waals surface area contributed by atoms with Gasteiger partial charge in [-0.15, -0.1) is 0 Å². The van der Waals surface area contributed by atoms with Gasteiger partial charge in [-0.3, -0.25) is 19.6 Å². The van der Waals surface area contributed by atoms with Crippen molar-refractivity contribution in [1.82, 2.24) is 21.0 Å². The zero-order valence-electron chi connectivity index (χ0n) is 30.1. The zero-order chi connectivity index (χ0) is 37.6. The molecular weight excluding hydrogens is 652 g/mol. The summed E-state index contributed by atoms with van der Waals surface area (Å²) < 4.78 is 10.3.